The molecule has 0 saturated heterocycles. The molecule has 78 valence electrons. The molecule has 0 bridgehead atoms. The highest BCUT2D eigenvalue weighted by atomic mass is 32.1. The van der Waals surface area contributed by atoms with Crippen LogP contribution in [-0.4, -0.2) is 5.84 Å². The molecule has 0 spiro atoms. The standard InChI is InChI=1S/C10H17N3S/c1-6(2)3-8(11)9-4-7(5-14-9)10(12)13/h4-6,8H,3,11H2,1-2H3,(H3,12,13)/t8-/m1/s1. The Morgan fingerprint density at radius 2 is 2.21 bits per heavy atom. The molecule has 1 heterocycles. The van der Waals surface area contributed by atoms with Gasteiger partial charge in [0.25, 0.3) is 0 Å². The Hall–Kier alpha value is -0.870. The Morgan fingerprint density at radius 1 is 1.57 bits per heavy atom. The summed E-state index contributed by atoms with van der Waals surface area (Å²) < 4.78 is 0. The highest BCUT2D eigenvalue weighted by Crippen LogP contribution is 2.24. The van der Waals surface area contributed by atoms with E-state index in [-0.39, 0.29) is 11.9 Å². The summed E-state index contributed by atoms with van der Waals surface area (Å²) in [5.41, 5.74) is 12.2. The zero-order valence-electron chi connectivity index (χ0n) is 8.58. The minimum atomic E-state index is 0.0769. The van der Waals surface area contributed by atoms with Crippen molar-refractivity contribution in [3.05, 3.63) is 21.9 Å². The van der Waals surface area contributed by atoms with Crippen LogP contribution in [0.15, 0.2) is 11.4 Å². The highest BCUT2D eigenvalue weighted by molar-refractivity contribution is 7.10. The van der Waals surface area contributed by atoms with Crippen LogP contribution in [0.1, 0.15) is 36.8 Å². The maximum Gasteiger partial charge on any atom is 0.123 e. The predicted octanol–water partition coefficient (Wildman–Crippen LogP) is 2.08. The second kappa shape index (κ2) is 4.57. The predicted molar refractivity (Wildman–Crippen MR) is 61.7 cm³/mol. The van der Waals surface area contributed by atoms with Gasteiger partial charge in [0, 0.05) is 21.9 Å². The molecule has 0 aliphatic carbocycles. The quantitative estimate of drug-likeness (QED) is 0.527. The summed E-state index contributed by atoms with van der Waals surface area (Å²) in [6.07, 6.45) is 0.970. The smallest absolute Gasteiger partial charge is 0.123 e. The molecule has 0 amide bonds. The van der Waals surface area contributed by atoms with Gasteiger partial charge in [0.05, 0.1) is 0 Å². The van der Waals surface area contributed by atoms with Gasteiger partial charge < -0.3 is 11.5 Å². The molecule has 3 nitrogen and oxygen atoms in total. The van der Waals surface area contributed by atoms with E-state index in [1.165, 1.54) is 0 Å². The van der Waals surface area contributed by atoms with Crippen LogP contribution in [0.3, 0.4) is 0 Å². The van der Waals surface area contributed by atoms with E-state index in [0.717, 1.165) is 16.9 Å². The zero-order valence-corrected chi connectivity index (χ0v) is 9.40. The number of amidine groups is 1. The van der Waals surface area contributed by atoms with Crippen molar-refractivity contribution >= 4 is 17.2 Å². The van der Waals surface area contributed by atoms with Crippen molar-refractivity contribution < 1.29 is 0 Å². The van der Waals surface area contributed by atoms with E-state index < -0.39 is 0 Å². The molecule has 0 saturated carbocycles. The lowest BCUT2D eigenvalue weighted by atomic mass is 10.0. The van der Waals surface area contributed by atoms with Crippen molar-refractivity contribution in [1.82, 2.24) is 0 Å². The van der Waals surface area contributed by atoms with Gasteiger partial charge in [-0.15, -0.1) is 11.3 Å². The molecule has 1 rings (SSSR count). The topological polar surface area (TPSA) is 75.9 Å². The first-order valence-corrected chi connectivity index (χ1v) is 5.57. The van der Waals surface area contributed by atoms with Gasteiger partial charge in [-0.2, -0.15) is 0 Å². The van der Waals surface area contributed by atoms with E-state index in [1.54, 1.807) is 11.3 Å². The van der Waals surface area contributed by atoms with Crippen molar-refractivity contribution in [1.29, 1.82) is 5.41 Å². The molecule has 0 unspecified atom stereocenters. The minimum Gasteiger partial charge on any atom is -0.384 e. The number of thiophene rings is 1. The molecule has 14 heavy (non-hydrogen) atoms. The van der Waals surface area contributed by atoms with Gasteiger partial charge in [-0.3, -0.25) is 5.41 Å². The first kappa shape index (κ1) is 11.2. The fraction of sp³-hybridized carbons (Fsp3) is 0.500. The first-order valence-electron chi connectivity index (χ1n) is 4.69. The first-order chi connectivity index (χ1) is 6.50. The normalized spacial score (nSPS) is 13.1. The van der Waals surface area contributed by atoms with Gasteiger partial charge in [0.1, 0.15) is 5.84 Å². The summed E-state index contributed by atoms with van der Waals surface area (Å²) in [6.45, 7) is 4.30. The molecule has 1 atom stereocenters. The van der Waals surface area contributed by atoms with Crippen molar-refractivity contribution in [2.45, 2.75) is 26.3 Å². The minimum absolute atomic E-state index is 0.0769. The Labute approximate surface area is 88.6 Å². The fourth-order valence-electron chi connectivity index (χ4n) is 1.31. The summed E-state index contributed by atoms with van der Waals surface area (Å²) in [5, 5.41) is 9.16. The van der Waals surface area contributed by atoms with Gasteiger partial charge >= 0.3 is 0 Å². The van der Waals surface area contributed by atoms with Gasteiger partial charge in [-0.25, -0.2) is 0 Å². The Morgan fingerprint density at radius 3 is 2.64 bits per heavy atom. The van der Waals surface area contributed by atoms with Gasteiger partial charge in [0.2, 0.25) is 0 Å². The molecule has 1 aromatic rings. The SMILES string of the molecule is CC(C)C[C@@H](N)c1cc(C(=N)N)cs1. The molecule has 0 aromatic carbocycles. The van der Waals surface area contributed by atoms with E-state index in [1.807, 2.05) is 11.4 Å². The summed E-state index contributed by atoms with van der Waals surface area (Å²) in [4.78, 5) is 1.11. The molecule has 4 heteroatoms. The van der Waals surface area contributed by atoms with Crippen molar-refractivity contribution in [2.24, 2.45) is 17.4 Å². The lowest BCUT2D eigenvalue weighted by Gasteiger charge is -2.11. The van der Waals surface area contributed by atoms with Crippen LogP contribution >= 0.6 is 11.3 Å². The van der Waals surface area contributed by atoms with Crippen LogP contribution in [0.2, 0.25) is 0 Å². The number of hydrogen-bond acceptors (Lipinski definition) is 3. The molecular formula is C10H17N3S. The number of hydrogen-bond donors (Lipinski definition) is 3. The van der Waals surface area contributed by atoms with Crippen LogP contribution in [0.4, 0.5) is 0 Å². The van der Waals surface area contributed by atoms with E-state index in [4.69, 9.17) is 16.9 Å². The van der Waals surface area contributed by atoms with E-state index in [0.29, 0.717) is 5.92 Å². The van der Waals surface area contributed by atoms with Crippen molar-refractivity contribution in [2.75, 3.05) is 0 Å². The molecule has 0 aliphatic rings. The van der Waals surface area contributed by atoms with Crippen LogP contribution < -0.4 is 11.5 Å². The Bertz CT molecular complexity index is 317. The third-order valence-electron chi connectivity index (χ3n) is 2.02. The zero-order chi connectivity index (χ0) is 10.7. The third kappa shape index (κ3) is 2.82. The fourth-order valence-corrected chi connectivity index (χ4v) is 2.24. The summed E-state index contributed by atoms with van der Waals surface area (Å²) in [5.74, 6) is 0.706. The third-order valence-corrected chi connectivity index (χ3v) is 3.09. The Kier molecular flexibility index (Phi) is 3.66. The van der Waals surface area contributed by atoms with Crippen molar-refractivity contribution in [3.8, 4) is 0 Å². The second-order valence-corrected chi connectivity index (χ2v) is 4.83. The highest BCUT2D eigenvalue weighted by Gasteiger charge is 2.11. The van der Waals surface area contributed by atoms with Gasteiger partial charge in [-0.1, -0.05) is 13.8 Å². The Balaban J connectivity index is 2.71. The summed E-state index contributed by atoms with van der Waals surface area (Å²) in [7, 11) is 0. The largest absolute Gasteiger partial charge is 0.384 e. The number of nitrogens with two attached hydrogens (primary N) is 2. The maximum absolute atomic E-state index is 7.27. The van der Waals surface area contributed by atoms with Gasteiger partial charge in [0.15, 0.2) is 0 Å². The number of nitrogens with one attached hydrogen (secondary N) is 1. The molecule has 0 aliphatic heterocycles. The van der Waals surface area contributed by atoms with E-state index >= 15 is 0 Å². The lowest BCUT2D eigenvalue weighted by molar-refractivity contribution is 0.515. The summed E-state index contributed by atoms with van der Waals surface area (Å²) in [6, 6.07) is 1.99. The monoisotopic (exact) mass is 211 g/mol. The van der Waals surface area contributed by atoms with Crippen LogP contribution in [0, 0.1) is 11.3 Å². The molecule has 0 fully saturated rings. The number of rotatable bonds is 4. The average Bonchev–Trinajstić information content (AvgIpc) is 2.50. The molecule has 0 radical (unpaired) electrons. The van der Waals surface area contributed by atoms with Gasteiger partial charge in [-0.05, 0) is 18.4 Å². The average molecular weight is 211 g/mol. The molecular weight excluding hydrogens is 194 g/mol. The molecule has 5 N–H and O–H groups in total. The second-order valence-electron chi connectivity index (χ2n) is 3.89. The summed E-state index contributed by atoms with van der Waals surface area (Å²) >= 11 is 1.58. The van der Waals surface area contributed by atoms with Crippen LogP contribution in [-0.2, 0) is 0 Å². The molecule has 1 aromatic heterocycles. The van der Waals surface area contributed by atoms with Crippen molar-refractivity contribution in [3.63, 3.8) is 0 Å². The van der Waals surface area contributed by atoms with E-state index in [9.17, 15) is 0 Å². The number of nitrogen functional groups attached to an aromatic ring is 1. The van der Waals surface area contributed by atoms with Crippen LogP contribution in [0.25, 0.3) is 0 Å². The lowest BCUT2D eigenvalue weighted by Crippen LogP contribution is -2.12. The van der Waals surface area contributed by atoms with Crippen LogP contribution in [0.5, 0.6) is 0 Å². The maximum atomic E-state index is 7.27. The van der Waals surface area contributed by atoms with E-state index in [2.05, 4.69) is 13.8 Å².